The van der Waals surface area contributed by atoms with Crippen LogP contribution in [0.15, 0.2) is 73.1 Å². The molecule has 0 saturated heterocycles. The fourth-order valence-electron chi connectivity index (χ4n) is 4.66. The monoisotopic (exact) mass is 529 g/mol. The van der Waals surface area contributed by atoms with Crippen molar-refractivity contribution in [3.05, 3.63) is 78.6 Å². The van der Waals surface area contributed by atoms with E-state index in [4.69, 9.17) is 4.74 Å². The fourth-order valence-corrected chi connectivity index (χ4v) is 4.66. The van der Waals surface area contributed by atoms with E-state index < -0.39 is 6.04 Å². The van der Waals surface area contributed by atoms with Gasteiger partial charge in [-0.3, -0.25) is 14.5 Å². The Morgan fingerprint density at radius 3 is 2.77 bits per heavy atom. The Morgan fingerprint density at radius 1 is 1.10 bits per heavy atom. The fraction of sp³-hybridized carbons (Fsp3) is 0.387. The number of carbonyl (C=O) groups excluding carboxylic acids is 2. The van der Waals surface area contributed by atoms with Gasteiger partial charge in [-0.25, -0.2) is 4.98 Å². The zero-order valence-electron chi connectivity index (χ0n) is 22.9. The summed E-state index contributed by atoms with van der Waals surface area (Å²) < 4.78 is 8.08. The maximum Gasteiger partial charge on any atom is 0.242 e. The average molecular weight is 530 g/mol. The molecule has 2 heterocycles. The largest absolute Gasteiger partial charge is 0.494 e. The highest BCUT2D eigenvalue weighted by atomic mass is 16.5. The highest BCUT2D eigenvalue weighted by Crippen LogP contribution is 2.23. The van der Waals surface area contributed by atoms with Crippen molar-refractivity contribution in [3.8, 4) is 17.1 Å². The number of carbonyl (C=O) groups is 2. The third-order valence-corrected chi connectivity index (χ3v) is 6.55. The smallest absolute Gasteiger partial charge is 0.242 e. The second kappa shape index (κ2) is 14.3. The quantitative estimate of drug-likeness (QED) is 0.522. The van der Waals surface area contributed by atoms with Crippen molar-refractivity contribution in [2.45, 2.75) is 39.3 Å². The van der Waals surface area contributed by atoms with Gasteiger partial charge in [-0.05, 0) is 36.5 Å². The van der Waals surface area contributed by atoms with Crippen LogP contribution in [-0.2, 0) is 16.1 Å². The number of ether oxygens (including phenoxy) is 1. The molecule has 206 valence electrons. The van der Waals surface area contributed by atoms with Crippen LogP contribution >= 0.6 is 0 Å². The van der Waals surface area contributed by atoms with E-state index in [0.29, 0.717) is 39.2 Å². The molecule has 0 spiro atoms. The van der Waals surface area contributed by atoms with Crippen LogP contribution in [0.3, 0.4) is 0 Å². The zero-order chi connectivity index (χ0) is 27.5. The van der Waals surface area contributed by atoms with E-state index in [2.05, 4.69) is 46.5 Å². The lowest BCUT2D eigenvalue weighted by Gasteiger charge is -2.24. The molecule has 8 nitrogen and oxygen atoms in total. The first-order chi connectivity index (χ1) is 19.0. The summed E-state index contributed by atoms with van der Waals surface area (Å²) in [6.07, 6.45) is 9.12. The maximum atomic E-state index is 13.1. The number of imidazole rings is 1. The van der Waals surface area contributed by atoms with Crippen LogP contribution in [0.1, 0.15) is 32.3 Å². The Balaban J connectivity index is 1.51. The van der Waals surface area contributed by atoms with Gasteiger partial charge >= 0.3 is 0 Å². The van der Waals surface area contributed by atoms with Gasteiger partial charge < -0.3 is 19.9 Å². The number of rotatable bonds is 5. The number of fused-ring (bicyclic) bond motifs is 4. The Morgan fingerprint density at radius 2 is 1.95 bits per heavy atom. The molecule has 0 aliphatic carbocycles. The van der Waals surface area contributed by atoms with E-state index in [0.717, 1.165) is 29.1 Å². The van der Waals surface area contributed by atoms with Gasteiger partial charge in [-0.15, -0.1) is 0 Å². The number of nitrogens with one attached hydrogen (secondary N) is 2. The third-order valence-electron chi connectivity index (χ3n) is 6.55. The molecule has 0 fully saturated rings. The Hall–Kier alpha value is -3.91. The van der Waals surface area contributed by atoms with E-state index >= 15 is 0 Å². The number of hydrogen-bond donors (Lipinski definition) is 2. The molecule has 4 rings (SSSR count). The molecule has 1 aromatic heterocycles. The van der Waals surface area contributed by atoms with Crippen molar-refractivity contribution in [2.24, 2.45) is 5.92 Å². The molecule has 0 saturated carbocycles. The van der Waals surface area contributed by atoms with Crippen LogP contribution in [0, 0.1) is 5.92 Å². The Kier molecular flexibility index (Phi) is 10.3. The summed E-state index contributed by atoms with van der Waals surface area (Å²) in [4.78, 5) is 32.8. The number of hydrogen-bond acceptors (Lipinski definition) is 5. The minimum Gasteiger partial charge on any atom is -0.494 e. The van der Waals surface area contributed by atoms with Crippen LogP contribution in [-0.4, -0.2) is 65.1 Å². The first-order valence-electron chi connectivity index (χ1n) is 13.7. The first kappa shape index (κ1) is 28.1. The van der Waals surface area contributed by atoms with Crippen LogP contribution in [0.2, 0.25) is 0 Å². The van der Waals surface area contributed by atoms with Crippen LogP contribution in [0.5, 0.6) is 5.75 Å². The SMILES string of the molecule is CC(C)C[C@H]1NC(=O)CN(C/C=C/c2ccccc2)CCCOc2cccc(c2)-c2nccn2CCNC1=O. The van der Waals surface area contributed by atoms with E-state index in [-0.39, 0.29) is 24.3 Å². The van der Waals surface area contributed by atoms with Gasteiger partial charge in [0.2, 0.25) is 11.8 Å². The molecule has 0 unspecified atom stereocenters. The lowest BCUT2D eigenvalue weighted by Crippen LogP contribution is -2.50. The first-order valence-corrected chi connectivity index (χ1v) is 13.7. The standard InChI is InChI=1S/C31H39N5O3/c1-24(2)21-28-31(38)33-15-19-36-18-14-32-30(36)26-12-6-13-27(22-26)39-20-8-17-35(23-29(37)34-28)16-7-11-25-9-4-3-5-10-25/h3-7,9-14,18,22,24,28H,8,15-17,19-21,23H2,1-2H3,(H,33,38)(H,34,37)/b11-7+/t28-/m1/s1. The van der Waals surface area contributed by atoms with Gasteiger partial charge in [0.15, 0.2) is 0 Å². The summed E-state index contributed by atoms with van der Waals surface area (Å²) in [7, 11) is 0. The molecule has 2 N–H and O–H groups in total. The molecule has 2 aromatic carbocycles. The van der Waals surface area contributed by atoms with E-state index in [1.165, 1.54) is 0 Å². The summed E-state index contributed by atoms with van der Waals surface area (Å²) in [5, 5.41) is 6.00. The lowest BCUT2D eigenvalue weighted by atomic mass is 10.0. The van der Waals surface area contributed by atoms with E-state index in [1.807, 2.05) is 65.4 Å². The molecule has 2 amide bonds. The third kappa shape index (κ3) is 8.82. The molecule has 1 aliphatic rings. The normalized spacial score (nSPS) is 18.1. The molecular formula is C31H39N5O3. The average Bonchev–Trinajstić information content (AvgIpc) is 3.39. The number of amides is 2. The van der Waals surface area contributed by atoms with Gasteiger partial charge in [-0.2, -0.15) is 0 Å². The second-order valence-electron chi connectivity index (χ2n) is 10.3. The summed E-state index contributed by atoms with van der Waals surface area (Å²) in [5.41, 5.74) is 2.07. The number of nitrogens with zero attached hydrogens (tertiary/aromatic N) is 3. The van der Waals surface area contributed by atoms with E-state index in [1.54, 1.807) is 6.20 Å². The molecule has 1 atom stereocenters. The highest BCUT2D eigenvalue weighted by molar-refractivity contribution is 5.88. The predicted octanol–water partition coefficient (Wildman–Crippen LogP) is 4.00. The summed E-state index contributed by atoms with van der Waals surface area (Å²) in [6.45, 7) is 7.12. The minimum absolute atomic E-state index is 0.157. The molecule has 0 radical (unpaired) electrons. The van der Waals surface area contributed by atoms with Gasteiger partial charge in [0.05, 0.1) is 13.2 Å². The zero-order valence-corrected chi connectivity index (χ0v) is 22.9. The molecule has 8 heteroatoms. The van der Waals surface area contributed by atoms with Crippen molar-refractivity contribution in [2.75, 3.05) is 32.8 Å². The van der Waals surface area contributed by atoms with Crippen molar-refractivity contribution < 1.29 is 14.3 Å². The van der Waals surface area contributed by atoms with E-state index in [9.17, 15) is 9.59 Å². The summed E-state index contributed by atoms with van der Waals surface area (Å²) in [6, 6.07) is 17.4. The van der Waals surface area contributed by atoms with Crippen molar-refractivity contribution >= 4 is 17.9 Å². The molecular weight excluding hydrogens is 490 g/mol. The van der Waals surface area contributed by atoms with Gasteiger partial charge in [0, 0.05) is 44.1 Å². The number of aromatic nitrogens is 2. The molecule has 3 aromatic rings. The van der Waals surface area contributed by atoms with Gasteiger partial charge in [-0.1, -0.05) is 68.5 Å². The molecule has 1 aliphatic heterocycles. The van der Waals surface area contributed by atoms with Crippen LogP contribution in [0.4, 0.5) is 0 Å². The van der Waals surface area contributed by atoms with Gasteiger partial charge in [0.1, 0.15) is 17.6 Å². The number of benzene rings is 2. The lowest BCUT2D eigenvalue weighted by molar-refractivity contribution is -0.129. The highest BCUT2D eigenvalue weighted by Gasteiger charge is 2.23. The van der Waals surface area contributed by atoms with Crippen molar-refractivity contribution in [1.82, 2.24) is 25.1 Å². The Bertz CT molecular complexity index is 1240. The van der Waals surface area contributed by atoms with Crippen LogP contribution < -0.4 is 15.4 Å². The topological polar surface area (TPSA) is 88.5 Å². The Labute approximate surface area is 231 Å². The summed E-state index contributed by atoms with van der Waals surface area (Å²) >= 11 is 0. The minimum atomic E-state index is -0.583. The maximum absolute atomic E-state index is 13.1. The predicted molar refractivity (Wildman–Crippen MR) is 154 cm³/mol. The molecule has 39 heavy (non-hydrogen) atoms. The molecule has 2 bridgehead atoms. The van der Waals surface area contributed by atoms with Crippen molar-refractivity contribution in [1.29, 1.82) is 0 Å². The van der Waals surface area contributed by atoms with Crippen molar-refractivity contribution in [3.63, 3.8) is 0 Å². The van der Waals surface area contributed by atoms with Gasteiger partial charge in [0.25, 0.3) is 0 Å². The second-order valence-corrected chi connectivity index (χ2v) is 10.3. The van der Waals surface area contributed by atoms with Crippen LogP contribution in [0.25, 0.3) is 17.5 Å². The summed E-state index contributed by atoms with van der Waals surface area (Å²) in [5.74, 6) is 1.54.